The summed E-state index contributed by atoms with van der Waals surface area (Å²) in [4.78, 5) is 15.1. The van der Waals surface area contributed by atoms with Gasteiger partial charge in [-0.25, -0.2) is 8.42 Å². The largest absolute Gasteiger partial charge is 0.348 e. The second kappa shape index (κ2) is 10.8. The van der Waals surface area contributed by atoms with Crippen molar-refractivity contribution in [1.82, 2.24) is 10.2 Å². The van der Waals surface area contributed by atoms with E-state index in [4.69, 9.17) is 0 Å². The van der Waals surface area contributed by atoms with Gasteiger partial charge >= 0.3 is 0 Å². The lowest BCUT2D eigenvalue weighted by Gasteiger charge is -2.22. The molecular formula is C27H31N3O3S. The number of para-hydroxylation sites is 1. The van der Waals surface area contributed by atoms with Gasteiger partial charge in [-0.3, -0.25) is 14.0 Å². The third-order valence-corrected chi connectivity index (χ3v) is 7.21. The van der Waals surface area contributed by atoms with Crippen LogP contribution in [0.25, 0.3) is 0 Å². The van der Waals surface area contributed by atoms with Crippen LogP contribution in [0.5, 0.6) is 0 Å². The predicted molar refractivity (Wildman–Crippen MR) is 136 cm³/mol. The van der Waals surface area contributed by atoms with Gasteiger partial charge in [0.1, 0.15) is 0 Å². The number of nitrogens with one attached hydrogen (secondary N) is 1. The molecule has 3 aromatic carbocycles. The van der Waals surface area contributed by atoms with Crippen LogP contribution in [0.15, 0.2) is 78.9 Å². The molecule has 4 rings (SSSR count). The van der Waals surface area contributed by atoms with Crippen molar-refractivity contribution in [3.8, 4) is 0 Å². The molecule has 1 heterocycles. The molecule has 0 saturated carbocycles. The summed E-state index contributed by atoms with van der Waals surface area (Å²) in [5, 5.41) is 2.96. The summed E-state index contributed by atoms with van der Waals surface area (Å²) in [6, 6.07) is 24.4. The molecule has 0 radical (unpaired) electrons. The number of benzene rings is 3. The van der Waals surface area contributed by atoms with Crippen molar-refractivity contribution in [3.63, 3.8) is 0 Å². The van der Waals surface area contributed by atoms with Gasteiger partial charge in [0, 0.05) is 18.7 Å². The lowest BCUT2D eigenvalue weighted by Crippen LogP contribution is -2.29. The molecule has 1 saturated heterocycles. The maximum atomic E-state index is 12.6. The molecule has 0 aromatic heterocycles. The van der Waals surface area contributed by atoms with Gasteiger partial charge in [0.05, 0.1) is 18.5 Å². The van der Waals surface area contributed by atoms with Crippen LogP contribution in [0.2, 0.25) is 0 Å². The molecule has 0 spiro atoms. The van der Waals surface area contributed by atoms with Crippen molar-refractivity contribution in [2.45, 2.75) is 32.5 Å². The summed E-state index contributed by atoms with van der Waals surface area (Å²) >= 11 is 0. The first-order valence-electron chi connectivity index (χ1n) is 11.6. The van der Waals surface area contributed by atoms with Crippen LogP contribution in [0.1, 0.15) is 39.9 Å². The Bertz CT molecular complexity index is 1190. The number of amides is 1. The van der Waals surface area contributed by atoms with E-state index >= 15 is 0 Å². The third kappa shape index (κ3) is 6.46. The second-order valence-corrected chi connectivity index (χ2v) is 10.7. The number of rotatable bonds is 9. The Morgan fingerprint density at radius 1 is 0.853 bits per heavy atom. The number of carbonyl (C=O) groups excluding carboxylic acids is 1. The van der Waals surface area contributed by atoms with Crippen LogP contribution in [0, 0.1) is 0 Å². The van der Waals surface area contributed by atoms with Crippen molar-refractivity contribution < 1.29 is 13.2 Å². The molecule has 0 aliphatic carbocycles. The number of anilines is 1. The van der Waals surface area contributed by atoms with E-state index in [-0.39, 0.29) is 12.5 Å². The maximum absolute atomic E-state index is 12.6. The average molecular weight is 478 g/mol. The number of nitrogens with zero attached hydrogens (tertiary/aromatic N) is 2. The number of carbonyl (C=O) groups is 1. The zero-order valence-electron chi connectivity index (χ0n) is 19.5. The molecule has 0 atom stereocenters. The Labute approximate surface area is 202 Å². The highest BCUT2D eigenvalue weighted by Gasteiger charge is 2.18. The van der Waals surface area contributed by atoms with Crippen LogP contribution >= 0.6 is 0 Å². The molecular weight excluding hydrogens is 446 g/mol. The van der Waals surface area contributed by atoms with Gasteiger partial charge in [0.25, 0.3) is 5.91 Å². The Kier molecular flexibility index (Phi) is 7.65. The van der Waals surface area contributed by atoms with Crippen LogP contribution < -0.4 is 9.62 Å². The Hall–Kier alpha value is -3.16. The fraction of sp³-hybridized carbons (Fsp3) is 0.296. The fourth-order valence-corrected chi connectivity index (χ4v) is 5.06. The van der Waals surface area contributed by atoms with Crippen molar-refractivity contribution >= 4 is 21.6 Å². The molecule has 1 fully saturated rings. The number of hydrogen-bond acceptors (Lipinski definition) is 4. The number of sulfonamides is 1. The van der Waals surface area contributed by atoms with Gasteiger partial charge in [-0.2, -0.15) is 0 Å². The van der Waals surface area contributed by atoms with Gasteiger partial charge in [0.2, 0.25) is 10.0 Å². The van der Waals surface area contributed by atoms with Crippen molar-refractivity contribution in [3.05, 3.63) is 101 Å². The third-order valence-electron chi connectivity index (χ3n) is 6.07. The summed E-state index contributed by atoms with van der Waals surface area (Å²) < 4.78 is 26.0. The Balaban J connectivity index is 1.33. The molecule has 34 heavy (non-hydrogen) atoms. The summed E-state index contributed by atoms with van der Waals surface area (Å²) in [7, 11) is -3.44. The van der Waals surface area contributed by atoms with E-state index in [1.807, 2.05) is 18.2 Å². The monoisotopic (exact) mass is 477 g/mol. The van der Waals surface area contributed by atoms with Crippen LogP contribution in [0.3, 0.4) is 0 Å². The molecule has 1 amide bonds. The molecule has 7 heteroatoms. The van der Waals surface area contributed by atoms with E-state index in [0.29, 0.717) is 17.8 Å². The van der Waals surface area contributed by atoms with Gasteiger partial charge in [-0.1, -0.05) is 54.6 Å². The molecule has 3 aromatic rings. The molecule has 0 bridgehead atoms. The molecule has 1 aliphatic rings. The van der Waals surface area contributed by atoms with Gasteiger partial charge in [-0.15, -0.1) is 0 Å². The predicted octanol–water partition coefficient (Wildman–Crippen LogP) is 4.18. The van der Waals surface area contributed by atoms with E-state index < -0.39 is 10.0 Å². The Morgan fingerprint density at radius 3 is 2.06 bits per heavy atom. The van der Waals surface area contributed by atoms with Gasteiger partial charge in [-0.05, 0) is 66.9 Å². The smallest absolute Gasteiger partial charge is 0.251 e. The molecule has 1 aliphatic heterocycles. The van der Waals surface area contributed by atoms with Crippen LogP contribution in [-0.4, -0.2) is 38.6 Å². The van der Waals surface area contributed by atoms with Crippen molar-refractivity contribution in [2.24, 2.45) is 0 Å². The average Bonchev–Trinajstić information content (AvgIpc) is 3.35. The first-order valence-corrected chi connectivity index (χ1v) is 13.4. The first-order chi connectivity index (χ1) is 16.4. The lowest BCUT2D eigenvalue weighted by atomic mass is 10.1. The zero-order chi connectivity index (χ0) is 24.0. The van der Waals surface area contributed by atoms with E-state index in [2.05, 4.69) is 34.5 Å². The van der Waals surface area contributed by atoms with E-state index in [0.717, 1.165) is 17.7 Å². The number of likely N-dealkylation sites (tertiary alicyclic amines) is 1. The summed E-state index contributed by atoms with van der Waals surface area (Å²) in [5.41, 5.74) is 4.31. The van der Waals surface area contributed by atoms with Crippen molar-refractivity contribution in [1.29, 1.82) is 0 Å². The lowest BCUT2D eigenvalue weighted by molar-refractivity contribution is 0.0951. The minimum absolute atomic E-state index is 0.157. The summed E-state index contributed by atoms with van der Waals surface area (Å²) in [6.45, 7) is 4.00. The minimum atomic E-state index is -3.44. The topological polar surface area (TPSA) is 69.7 Å². The fourth-order valence-electron chi connectivity index (χ4n) is 4.17. The highest BCUT2D eigenvalue weighted by Crippen LogP contribution is 2.20. The summed E-state index contributed by atoms with van der Waals surface area (Å²) in [5.74, 6) is -0.157. The first kappa shape index (κ1) is 24.0. The van der Waals surface area contributed by atoms with Gasteiger partial charge < -0.3 is 5.32 Å². The zero-order valence-corrected chi connectivity index (χ0v) is 20.3. The summed E-state index contributed by atoms with van der Waals surface area (Å²) in [6.07, 6.45) is 3.77. The highest BCUT2D eigenvalue weighted by molar-refractivity contribution is 7.92. The molecule has 178 valence electrons. The van der Waals surface area contributed by atoms with E-state index in [9.17, 15) is 13.2 Å². The highest BCUT2D eigenvalue weighted by atomic mass is 32.2. The molecule has 0 unspecified atom stereocenters. The van der Waals surface area contributed by atoms with Gasteiger partial charge in [0.15, 0.2) is 0 Å². The standard InChI is InChI=1S/C27H31N3O3S/c1-34(32,33)30(26-7-3-2-4-8-26)21-24-13-15-25(16-14-24)27(31)28-19-22-9-11-23(12-10-22)20-29-17-5-6-18-29/h2-4,7-16H,5-6,17-21H2,1H3,(H,28,31). The number of hydrogen-bond donors (Lipinski definition) is 1. The van der Waals surface area contributed by atoms with Crippen molar-refractivity contribution in [2.75, 3.05) is 23.7 Å². The van der Waals surface area contributed by atoms with Crippen LogP contribution in [0.4, 0.5) is 5.69 Å². The van der Waals surface area contributed by atoms with Crippen LogP contribution in [-0.2, 0) is 29.7 Å². The Morgan fingerprint density at radius 2 is 1.44 bits per heavy atom. The van der Waals surface area contributed by atoms with E-state index in [1.165, 1.54) is 42.1 Å². The quantitative estimate of drug-likeness (QED) is 0.502. The SMILES string of the molecule is CS(=O)(=O)N(Cc1ccc(C(=O)NCc2ccc(CN3CCCC3)cc2)cc1)c1ccccc1. The minimum Gasteiger partial charge on any atom is -0.348 e. The normalized spacial score (nSPS) is 14.1. The molecule has 1 N–H and O–H groups in total. The van der Waals surface area contributed by atoms with E-state index in [1.54, 1.807) is 36.4 Å². The molecule has 6 nitrogen and oxygen atoms in total. The maximum Gasteiger partial charge on any atom is 0.251 e. The second-order valence-electron chi connectivity index (χ2n) is 8.78.